The van der Waals surface area contributed by atoms with Crippen LogP contribution in [0.2, 0.25) is 0 Å². The summed E-state index contributed by atoms with van der Waals surface area (Å²) in [6.45, 7) is 6.38. The van der Waals surface area contributed by atoms with Crippen molar-refractivity contribution in [3.8, 4) is 5.75 Å². The Morgan fingerprint density at radius 1 is 0.969 bits per heavy atom. The standard InChI is InChI=1S/C25H27N3O2S2/c1-4-30-23-11-6-5-10-22(23)28-24(29)18(3)32-21-9-7-8-20(16-21)27-25(31)26-19-14-12-17(2)13-15-19/h5-16,18H,4H2,1-3H3,(H,28,29)(H2,26,27,31). The van der Waals surface area contributed by atoms with Gasteiger partial charge in [0.05, 0.1) is 17.5 Å². The van der Waals surface area contributed by atoms with Gasteiger partial charge in [-0.1, -0.05) is 35.9 Å². The van der Waals surface area contributed by atoms with E-state index in [0.717, 1.165) is 16.3 Å². The molecule has 0 spiro atoms. The molecule has 166 valence electrons. The molecule has 1 unspecified atom stereocenters. The highest BCUT2D eigenvalue weighted by atomic mass is 32.2. The Hall–Kier alpha value is -3.03. The fourth-order valence-electron chi connectivity index (χ4n) is 2.92. The Kier molecular flexibility index (Phi) is 8.53. The highest BCUT2D eigenvalue weighted by molar-refractivity contribution is 8.00. The summed E-state index contributed by atoms with van der Waals surface area (Å²) < 4.78 is 5.59. The van der Waals surface area contributed by atoms with Gasteiger partial charge in [-0.15, -0.1) is 11.8 Å². The van der Waals surface area contributed by atoms with Crippen molar-refractivity contribution in [2.24, 2.45) is 0 Å². The van der Waals surface area contributed by atoms with E-state index >= 15 is 0 Å². The number of rotatable bonds is 8. The zero-order chi connectivity index (χ0) is 22.9. The van der Waals surface area contributed by atoms with Crippen molar-refractivity contribution in [1.29, 1.82) is 0 Å². The van der Waals surface area contributed by atoms with E-state index in [4.69, 9.17) is 17.0 Å². The molecule has 0 fully saturated rings. The van der Waals surface area contributed by atoms with E-state index in [0.29, 0.717) is 23.2 Å². The zero-order valence-corrected chi connectivity index (χ0v) is 20.0. The van der Waals surface area contributed by atoms with Crippen molar-refractivity contribution in [1.82, 2.24) is 0 Å². The van der Waals surface area contributed by atoms with Gasteiger partial charge in [0.25, 0.3) is 0 Å². The number of ether oxygens (including phenoxy) is 1. The van der Waals surface area contributed by atoms with Gasteiger partial charge in [-0.05, 0) is 75.5 Å². The van der Waals surface area contributed by atoms with Crippen LogP contribution in [0.3, 0.4) is 0 Å². The monoisotopic (exact) mass is 465 g/mol. The van der Waals surface area contributed by atoms with Crippen molar-refractivity contribution < 1.29 is 9.53 Å². The maximum absolute atomic E-state index is 12.7. The van der Waals surface area contributed by atoms with Gasteiger partial charge in [0.1, 0.15) is 5.75 Å². The smallest absolute Gasteiger partial charge is 0.237 e. The fourth-order valence-corrected chi connectivity index (χ4v) is 4.08. The average molecular weight is 466 g/mol. The van der Waals surface area contributed by atoms with Crippen molar-refractivity contribution in [3.05, 3.63) is 78.4 Å². The van der Waals surface area contributed by atoms with Crippen molar-refractivity contribution in [2.75, 3.05) is 22.6 Å². The van der Waals surface area contributed by atoms with E-state index in [2.05, 4.69) is 16.0 Å². The number of thioether (sulfide) groups is 1. The number of carbonyl (C=O) groups excluding carboxylic acids is 1. The molecule has 0 saturated carbocycles. The molecule has 5 nitrogen and oxygen atoms in total. The molecule has 3 rings (SSSR count). The zero-order valence-electron chi connectivity index (χ0n) is 18.3. The summed E-state index contributed by atoms with van der Waals surface area (Å²) in [6, 6.07) is 23.3. The summed E-state index contributed by atoms with van der Waals surface area (Å²) in [5.41, 5.74) is 3.65. The largest absolute Gasteiger partial charge is 0.492 e. The lowest BCUT2D eigenvalue weighted by molar-refractivity contribution is -0.115. The van der Waals surface area contributed by atoms with Crippen LogP contribution in [0.1, 0.15) is 19.4 Å². The Morgan fingerprint density at radius 3 is 2.44 bits per heavy atom. The molecular weight excluding hydrogens is 438 g/mol. The molecule has 1 amide bonds. The van der Waals surface area contributed by atoms with E-state index in [9.17, 15) is 4.79 Å². The molecule has 0 bridgehead atoms. The molecule has 32 heavy (non-hydrogen) atoms. The molecule has 0 aromatic heterocycles. The first kappa shape index (κ1) is 23.6. The molecule has 0 aliphatic heterocycles. The average Bonchev–Trinajstić information content (AvgIpc) is 2.77. The lowest BCUT2D eigenvalue weighted by Crippen LogP contribution is -2.22. The van der Waals surface area contributed by atoms with Crippen molar-refractivity contribution in [2.45, 2.75) is 30.9 Å². The van der Waals surface area contributed by atoms with E-state index in [1.54, 1.807) is 0 Å². The topological polar surface area (TPSA) is 62.4 Å². The van der Waals surface area contributed by atoms with Gasteiger partial charge in [-0.3, -0.25) is 4.79 Å². The molecule has 0 heterocycles. The fraction of sp³-hybridized carbons (Fsp3) is 0.200. The second-order valence-corrected chi connectivity index (χ2v) is 8.97. The maximum atomic E-state index is 12.7. The van der Waals surface area contributed by atoms with Crippen LogP contribution >= 0.6 is 24.0 Å². The molecule has 0 saturated heterocycles. The molecule has 0 aliphatic rings. The van der Waals surface area contributed by atoms with Crippen molar-refractivity contribution in [3.63, 3.8) is 0 Å². The molecule has 7 heteroatoms. The third-order valence-corrected chi connectivity index (χ3v) is 5.83. The van der Waals surface area contributed by atoms with Crippen LogP contribution in [-0.4, -0.2) is 22.9 Å². The minimum Gasteiger partial charge on any atom is -0.492 e. The number of amides is 1. The number of aryl methyl sites for hydroxylation is 1. The summed E-state index contributed by atoms with van der Waals surface area (Å²) >= 11 is 6.91. The first-order chi connectivity index (χ1) is 15.4. The summed E-state index contributed by atoms with van der Waals surface area (Å²) in [6.07, 6.45) is 0. The predicted octanol–water partition coefficient (Wildman–Crippen LogP) is 6.32. The molecular formula is C25H27N3O2S2. The summed E-state index contributed by atoms with van der Waals surface area (Å²) in [4.78, 5) is 13.7. The number of anilines is 3. The van der Waals surface area contributed by atoms with Crippen LogP contribution in [0.25, 0.3) is 0 Å². The highest BCUT2D eigenvalue weighted by Gasteiger charge is 2.16. The predicted molar refractivity (Wildman–Crippen MR) is 139 cm³/mol. The number of hydrogen-bond acceptors (Lipinski definition) is 4. The van der Waals surface area contributed by atoms with Gasteiger partial charge in [-0.2, -0.15) is 0 Å². The number of para-hydroxylation sites is 2. The van der Waals surface area contributed by atoms with Crippen LogP contribution in [0.5, 0.6) is 5.75 Å². The Bertz CT molecular complexity index is 1070. The molecule has 3 N–H and O–H groups in total. The van der Waals surface area contributed by atoms with Gasteiger partial charge < -0.3 is 20.7 Å². The summed E-state index contributed by atoms with van der Waals surface area (Å²) in [7, 11) is 0. The molecule has 0 radical (unpaired) electrons. The Morgan fingerprint density at radius 2 is 1.69 bits per heavy atom. The number of hydrogen-bond donors (Lipinski definition) is 3. The maximum Gasteiger partial charge on any atom is 0.237 e. The molecule has 3 aromatic rings. The van der Waals surface area contributed by atoms with Gasteiger partial charge in [-0.25, -0.2) is 0 Å². The number of nitrogens with one attached hydrogen (secondary N) is 3. The third kappa shape index (κ3) is 7.00. The summed E-state index contributed by atoms with van der Waals surface area (Å²) in [5.74, 6) is 0.582. The van der Waals surface area contributed by atoms with E-state index in [-0.39, 0.29) is 11.2 Å². The minimum atomic E-state index is -0.294. The number of thiocarbonyl (C=S) groups is 1. The molecule has 1 atom stereocenters. The normalized spacial score (nSPS) is 11.3. The van der Waals surface area contributed by atoms with Crippen LogP contribution in [-0.2, 0) is 4.79 Å². The third-order valence-electron chi connectivity index (χ3n) is 4.53. The van der Waals surface area contributed by atoms with E-state index < -0.39 is 0 Å². The van der Waals surface area contributed by atoms with E-state index in [1.165, 1.54) is 17.3 Å². The van der Waals surface area contributed by atoms with Gasteiger partial charge in [0.15, 0.2) is 5.11 Å². The second kappa shape index (κ2) is 11.5. The number of carbonyl (C=O) groups is 1. The SMILES string of the molecule is CCOc1ccccc1NC(=O)C(C)Sc1cccc(NC(=S)Nc2ccc(C)cc2)c1. The van der Waals surface area contributed by atoms with Gasteiger partial charge in [0.2, 0.25) is 5.91 Å². The Labute approximate surface area is 199 Å². The number of benzene rings is 3. The van der Waals surface area contributed by atoms with Crippen molar-refractivity contribution >= 4 is 52.1 Å². The van der Waals surface area contributed by atoms with Crippen LogP contribution < -0.4 is 20.7 Å². The lowest BCUT2D eigenvalue weighted by Gasteiger charge is -2.15. The first-order valence-electron chi connectivity index (χ1n) is 10.4. The van der Waals surface area contributed by atoms with Gasteiger partial charge >= 0.3 is 0 Å². The quantitative estimate of drug-likeness (QED) is 0.267. The Balaban J connectivity index is 1.58. The van der Waals surface area contributed by atoms with Crippen LogP contribution in [0.4, 0.5) is 17.1 Å². The first-order valence-corrected chi connectivity index (χ1v) is 11.7. The lowest BCUT2D eigenvalue weighted by atomic mass is 10.2. The van der Waals surface area contributed by atoms with E-state index in [1.807, 2.05) is 93.6 Å². The molecule has 3 aromatic carbocycles. The molecule has 0 aliphatic carbocycles. The highest BCUT2D eigenvalue weighted by Crippen LogP contribution is 2.29. The van der Waals surface area contributed by atoms with Gasteiger partial charge in [0, 0.05) is 16.3 Å². The summed E-state index contributed by atoms with van der Waals surface area (Å²) in [5, 5.41) is 9.55. The minimum absolute atomic E-state index is 0.0860. The van der Waals surface area contributed by atoms with Crippen LogP contribution in [0, 0.1) is 6.92 Å². The second-order valence-electron chi connectivity index (χ2n) is 7.15. The van der Waals surface area contributed by atoms with Crippen LogP contribution in [0.15, 0.2) is 77.7 Å².